The molecule has 6 aromatic rings. The van der Waals surface area contributed by atoms with Gasteiger partial charge in [-0.1, -0.05) is 110 Å². The third kappa shape index (κ3) is 6.40. The van der Waals surface area contributed by atoms with E-state index < -0.39 is 0 Å². The number of aryl methyl sites for hydroxylation is 5. The number of rotatable bonds is 8. The van der Waals surface area contributed by atoms with Crippen LogP contribution in [0.1, 0.15) is 38.9 Å². The normalized spacial score (nSPS) is 11.0. The first kappa shape index (κ1) is 29.9. The average Bonchev–Trinajstić information content (AvgIpc) is 3.06. The van der Waals surface area contributed by atoms with E-state index in [1.54, 1.807) is 0 Å². The van der Waals surface area contributed by atoms with Crippen LogP contribution in [0.15, 0.2) is 134 Å². The Hall–Kier alpha value is -5.14. The first-order chi connectivity index (χ1) is 21.8. The molecule has 0 aliphatic carbocycles. The summed E-state index contributed by atoms with van der Waals surface area (Å²) in [6.45, 7) is 16.1. The van der Waals surface area contributed by atoms with Crippen LogP contribution >= 0.6 is 0 Å². The molecular formula is C44H41N. The maximum atomic E-state index is 4.39. The van der Waals surface area contributed by atoms with E-state index in [0.717, 1.165) is 17.8 Å². The molecule has 0 bridgehead atoms. The lowest BCUT2D eigenvalue weighted by Crippen LogP contribution is -2.11. The lowest BCUT2D eigenvalue weighted by molar-refractivity contribution is 0.890. The Morgan fingerprint density at radius 1 is 0.444 bits per heavy atom. The van der Waals surface area contributed by atoms with Gasteiger partial charge in [0.25, 0.3) is 0 Å². The molecule has 0 heterocycles. The molecule has 0 fully saturated rings. The maximum absolute atomic E-state index is 4.39. The number of hydrogen-bond donors (Lipinski definition) is 1. The van der Waals surface area contributed by atoms with Crippen LogP contribution in [0.5, 0.6) is 0 Å². The summed E-state index contributed by atoms with van der Waals surface area (Å²) in [4.78, 5) is 0. The molecule has 6 aromatic carbocycles. The fourth-order valence-corrected chi connectivity index (χ4v) is 6.18. The van der Waals surface area contributed by atoms with Gasteiger partial charge in [-0.15, -0.1) is 0 Å². The Balaban J connectivity index is 1.34. The molecule has 45 heavy (non-hydrogen) atoms. The quantitative estimate of drug-likeness (QED) is 0.188. The van der Waals surface area contributed by atoms with E-state index in [-0.39, 0.29) is 0 Å². The van der Waals surface area contributed by atoms with Crippen molar-refractivity contribution in [3.05, 3.63) is 173 Å². The van der Waals surface area contributed by atoms with Crippen molar-refractivity contribution in [2.75, 3.05) is 0 Å². The monoisotopic (exact) mass is 583 g/mol. The Bertz CT molecular complexity index is 2010. The fourth-order valence-electron chi connectivity index (χ4n) is 6.18. The van der Waals surface area contributed by atoms with Crippen LogP contribution in [0.3, 0.4) is 0 Å². The molecule has 1 N–H and O–H groups in total. The lowest BCUT2D eigenvalue weighted by atomic mass is 9.88. The van der Waals surface area contributed by atoms with Gasteiger partial charge in [-0.25, -0.2) is 0 Å². The molecule has 0 saturated carbocycles. The highest BCUT2D eigenvalue weighted by molar-refractivity contribution is 5.83. The second-order valence-corrected chi connectivity index (χ2v) is 12.3. The highest BCUT2D eigenvalue weighted by Crippen LogP contribution is 2.37. The number of hydrogen-bond acceptors (Lipinski definition) is 1. The average molecular weight is 584 g/mol. The van der Waals surface area contributed by atoms with Gasteiger partial charge in [0, 0.05) is 17.8 Å². The van der Waals surface area contributed by atoms with Crippen molar-refractivity contribution >= 4 is 5.70 Å². The van der Waals surface area contributed by atoms with Crippen molar-refractivity contribution in [1.29, 1.82) is 0 Å². The standard InChI is InChI=1S/C44H41N/c1-29-12-10-11-15-40(29)42-25-37(21-17-31(42)3)39-23-19-33(5)44(27-39)43-26-38(22-18-32(43)4)36-20-16-30(2)41(24-36)34(6)45-28-35-13-8-7-9-14-35/h7-27,45H,6,28H2,1-5H3. The molecule has 0 atom stereocenters. The smallest absolute Gasteiger partial charge is 0.0400 e. The van der Waals surface area contributed by atoms with Gasteiger partial charge in [0.15, 0.2) is 0 Å². The molecule has 1 heteroatoms. The summed E-state index contributed by atoms with van der Waals surface area (Å²) < 4.78 is 0. The second-order valence-electron chi connectivity index (χ2n) is 12.3. The van der Waals surface area contributed by atoms with Crippen LogP contribution in [-0.4, -0.2) is 0 Å². The molecule has 222 valence electrons. The van der Waals surface area contributed by atoms with Gasteiger partial charge < -0.3 is 5.32 Å². The van der Waals surface area contributed by atoms with E-state index in [9.17, 15) is 0 Å². The number of nitrogens with one attached hydrogen (secondary N) is 1. The molecular weight excluding hydrogens is 542 g/mol. The van der Waals surface area contributed by atoms with Crippen molar-refractivity contribution < 1.29 is 0 Å². The summed E-state index contributed by atoms with van der Waals surface area (Å²) in [7, 11) is 0. The van der Waals surface area contributed by atoms with Gasteiger partial charge in [-0.05, 0) is 137 Å². The molecule has 0 unspecified atom stereocenters. The summed E-state index contributed by atoms with van der Waals surface area (Å²) in [6, 6.07) is 46.4. The summed E-state index contributed by atoms with van der Waals surface area (Å²) >= 11 is 0. The zero-order valence-electron chi connectivity index (χ0n) is 27.0. The zero-order valence-corrected chi connectivity index (χ0v) is 27.0. The van der Waals surface area contributed by atoms with Crippen LogP contribution in [0.2, 0.25) is 0 Å². The van der Waals surface area contributed by atoms with Gasteiger partial charge in [0.1, 0.15) is 0 Å². The Kier molecular flexibility index (Phi) is 8.54. The van der Waals surface area contributed by atoms with E-state index in [0.29, 0.717) is 0 Å². The predicted molar refractivity (Wildman–Crippen MR) is 194 cm³/mol. The Morgan fingerprint density at radius 2 is 0.867 bits per heavy atom. The van der Waals surface area contributed by atoms with Crippen molar-refractivity contribution in [1.82, 2.24) is 5.32 Å². The molecule has 0 spiro atoms. The van der Waals surface area contributed by atoms with Crippen LogP contribution in [0.4, 0.5) is 0 Å². The first-order valence-corrected chi connectivity index (χ1v) is 15.8. The van der Waals surface area contributed by atoms with Crippen LogP contribution in [0.25, 0.3) is 50.2 Å². The van der Waals surface area contributed by atoms with E-state index in [1.165, 1.54) is 77.9 Å². The lowest BCUT2D eigenvalue weighted by Gasteiger charge is -2.17. The minimum Gasteiger partial charge on any atom is -0.381 e. The van der Waals surface area contributed by atoms with Crippen molar-refractivity contribution in [3.63, 3.8) is 0 Å². The fraction of sp³-hybridized carbons (Fsp3) is 0.136. The summed E-state index contributed by atoms with van der Waals surface area (Å²) in [5, 5.41) is 3.54. The van der Waals surface area contributed by atoms with Gasteiger partial charge in [-0.3, -0.25) is 0 Å². The molecule has 0 aromatic heterocycles. The Morgan fingerprint density at radius 3 is 1.40 bits per heavy atom. The number of benzene rings is 6. The van der Waals surface area contributed by atoms with E-state index in [4.69, 9.17) is 0 Å². The van der Waals surface area contributed by atoms with Crippen LogP contribution in [0, 0.1) is 34.6 Å². The topological polar surface area (TPSA) is 12.0 Å². The second kappa shape index (κ2) is 12.8. The van der Waals surface area contributed by atoms with Gasteiger partial charge in [-0.2, -0.15) is 0 Å². The largest absolute Gasteiger partial charge is 0.381 e. The Labute approximate surface area is 268 Å². The zero-order chi connectivity index (χ0) is 31.5. The molecule has 0 amide bonds. The minimum atomic E-state index is 0.751. The molecule has 6 rings (SSSR count). The van der Waals surface area contributed by atoms with Gasteiger partial charge >= 0.3 is 0 Å². The van der Waals surface area contributed by atoms with Crippen molar-refractivity contribution in [2.45, 2.75) is 41.2 Å². The maximum Gasteiger partial charge on any atom is 0.0400 e. The summed E-state index contributed by atoms with van der Waals surface area (Å²) in [5.41, 5.74) is 19.6. The van der Waals surface area contributed by atoms with E-state index >= 15 is 0 Å². The molecule has 0 radical (unpaired) electrons. The highest BCUT2D eigenvalue weighted by Gasteiger charge is 2.13. The molecule has 0 saturated heterocycles. The van der Waals surface area contributed by atoms with Crippen LogP contribution < -0.4 is 5.32 Å². The third-order valence-corrected chi connectivity index (χ3v) is 9.02. The summed E-state index contributed by atoms with van der Waals surface area (Å²) in [6.07, 6.45) is 0. The van der Waals surface area contributed by atoms with Crippen molar-refractivity contribution in [3.8, 4) is 44.5 Å². The molecule has 0 aliphatic heterocycles. The van der Waals surface area contributed by atoms with E-state index in [2.05, 4.69) is 168 Å². The molecule has 0 aliphatic rings. The van der Waals surface area contributed by atoms with E-state index in [1.807, 2.05) is 6.07 Å². The first-order valence-electron chi connectivity index (χ1n) is 15.8. The SMILES string of the molecule is C=C(NCc1ccccc1)c1cc(-c2ccc(C)c(-c3cc(-c4ccc(C)c(-c5ccccc5C)c4)ccc3C)c2)ccc1C. The minimum absolute atomic E-state index is 0.751. The van der Waals surface area contributed by atoms with Crippen molar-refractivity contribution in [2.24, 2.45) is 0 Å². The highest BCUT2D eigenvalue weighted by atomic mass is 14.9. The van der Waals surface area contributed by atoms with Crippen LogP contribution in [-0.2, 0) is 6.54 Å². The summed E-state index contributed by atoms with van der Waals surface area (Å²) in [5.74, 6) is 0. The third-order valence-electron chi connectivity index (χ3n) is 9.02. The molecule has 1 nitrogen and oxygen atoms in total. The predicted octanol–water partition coefficient (Wildman–Crippen LogP) is 11.7. The van der Waals surface area contributed by atoms with Gasteiger partial charge in [0.05, 0.1) is 0 Å². The van der Waals surface area contributed by atoms with Gasteiger partial charge in [0.2, 0.25) is 0 Å².